The highest BCUT2D eigenvalue weighted by Crippen LogP contribution is 2.14. The van der Waals surface area contributed by atoms with Crippen molar-refractivity contribution in [3.8, 4) is 0 Å². The molecule has 20 heavy (non-hydrogen) atoms. The lowest BCUT2D eigenvalue weighted by Crippen LogP contribution is -2.47. The van der Waals surface area contributed by atoms with E-state index in [0.29, 0.717) is 12.1 Å². The molecule has 1 fully saturated rings. The second kappa shape index (κ2) is 9.75. The van der Waals surface area contributed by atoms with E-state index in [1.54, 1.807) is 0 Å². The van der Waals surface area contributed by atoms with Crippen molar-refractivity contribution in [1.82, 2.24) is 15.1 Å². The number of hydrogen-bond donors (Lipinski definition) is 1. The fourth-order valence-corrected chi connectivity index (χ4v) is 3.23. The average molecular weight is 284 g/mol. The van der Waals surface area contributed by atoms with Gasteiger partial charge in [-0.1, -0.05) is 13.8 Å². The molecule has 0 amide bonds. The number of nitrogens with one attached hydrogen (secondary N) is 1. The predicted octanol–water partition coefficient (Wildman–Crippen LogP) is 2.96. The summed E-state index contributed by atoms with van der Waals surface area (Å²) >= 11 is 0. The normalized spacial score (nSPS) is 19.9. The zero-order chi connectivity index (χ0) is 15.0. The quantitative estimate of drug-likeness (QED) is 0.702. The van der Waals surface area contributed by atoms with Gasteiger partial charge >= 0.3 is 0 Å². The van der Waals surface area contributed by atoms with Gasteiger partial charge in [0.15, 0.2) is 0 Å². The molecule has 1 N–H and O–H groups in total. The van der Waals surface area contributed by atoms with Gasteiger partial charge in [-0.25, -0.2) is 0 Å². The molecule has 0 aliphatic carbocycles. The average Bonchev–Trinajstić information content (AvgIpc) is 2.44. The van der Waals surface area contributed by atoms with Crippen LogP contribution in [0.2, 0.25) is 0 Å². The Balaban J connectivity index is 2.12. The first-order valence-corrected chi connectivity index (χ1v) is 8.79. The van der Waals surface area contributed by atoms with Crippen LogP contribution in [0.1, 0.15) is 60.3 Å². The van der Waals surface area contributed by atoms with Gasteiger partial charge in [-0.15, -0.1) is 0 Å². The van der Waals surface area contributed by atoms with Crippen LogP contribution in [0, 0.1) is 0 Å². The Hall–Kier alpha value is -0.120. The van der Waals surface area contributed by atoms with Crippen LogP contribution < -0.4 is 5.32 Å². The maximum absolute atomic E-state index is 3.84. The summed E-state index contributed by atoms with van der Waals surface area (Å²) < 4.78 is 0. The zero-order valence-electron chi connectivity index (χ0n) is 14.5. The van der Waals surface area contributed by atoms with Crippen molar-refractivity contribution in [2.45, 2.75) is 78.4 Å². The minimum Gasteiger partial charge on any atom is -0.311 e. The summed E-state index contributed by atoms with van der Waals surface area (Å²) in [5, 5.41) is 3.84. The summed E-state index contributed by atoms with van der Waals surface area (Å²) in [7, 11) is 0. The molecular formula is C17H37N3. The third-order valence-electron chi connectivity index (χ3n) is 4.79. The Morgan fingerprint density at radius 1 is 1.10 bits per heavy atom. The Morgan fingerprint density at radius 3 is 2.20 bits per heavy atom. The van der Waals surface area contributed by atoms with Crippen molar-refractivity contribution in [3.05, 3.63) is 0 Å². The van der Waals surface area contributed by atoms with Gasteiger partial charge in [0.2, 0.25) is 0 Å². The Labute approximate surface area is 127 Å². The summed E-state index contributed by atoms with van der Waals surface area (Å²) in [4.78, 5) is 5.12. The SMILES string of the molecule is CCN(CC)CCCC(C)NC1CCN(C(C)C)CC1. The predicted molar refractivity (Wildman–Crippen MR) is 89.4 cm³/mol. The molecule has 1 aliphatic rings. The van der Waals surface area contributed by atoms with E-state index in [1.807, 2.05) is 0 Å². The molecule has 1 saturated heterocycles. The molecule has 0 aromatic rings. The van der Waals surface area contributed by atoms with Gasteiger partial charge in [0.1, 0.15) is 0 Å². The van der Waals surface area contributed by atoms with Gasteiger partial charge in [0, 0.05) is 18.1 Å². The van der Waals surface area contributed by atoms with Gasteiger partial charge in [0.25, 0.3) is 0 Å². The molecule has 0 radical (unpaired) electrons. The highest BCUT2D eigenvalue weighted by molar-refractivity contribution is 4.80. The Morgan fingerprint density at radius 2 is 1.70 bits per heavy atom. The lowest BCUT2D eigenvalue weighted by atomic mass is 10.0. The first-order chi connectivity index (χ1) is 9.56. The van der Waals surface area contributed by atoms with E-state index in [-0.39, 0.29) is 0 Å². The van der Waals surface area contributed by atoms with Crippen LogP contribution in [0.25, 0.3) is 0 Å². The van der Waals surface area contributed by atoms with Crippen molar-refractivity contribution in [2.75, 3.05) is 32.7 Å². The number of likely N-dealkylation sites (tertiary alicyclic amines) is 1. The maximum Gasteiger partial charge on any atom is 0.00938 e. The van der Waals surface area contributed by atoms with Crippen LogP contribution in [-0.4, -0.2) is 60.6 Å². The van der Waals surface area contributed by atoms with E-state index in [0.717, 1.165) is 6.04 Å². The topological polar surface area (TPSA) is 18.5 Å². The van der Waals surface area contributed by atoms with Crippen LogP contribution in [0.15, 0.2) is 0 Å². The zero-order valence-corrected chi connectivity index (χ0v) is 14.5. The second-order valence-electron chi connectivity index (χ2n) is 6.64. The molecule has 3 heteroatoms. The van der Waals surface area contributed by atoms with Crippen molar-refractivity contribution >= 4 is 0 Å². The summed E-state index contributed by atoms with van der Waals surface area (Å²) in [6.07, 6.45) is 5.26. The van der Waals surface area contributed by atoms with Crippen LogP contribution in [0.3, 0.4) is 0 Å². The van der Waals surface area contributed by atoms with Crippen LogP contribution in [-0.2, 0) is 0 Å². The maximum atomic E-state index is 3.84. The van der Waals surface area contributed by atoms with Crippen LogP contribution >= 0.6 is 0 Å². The minimum atomic E-state index is 0.668. The third-order valence-corrected chi connectivity index (χ3v) is 4.79. The van der Waals surface area contributed by atoms with E-state index in [1.165, 1.54) is 58.4 Å². The van der Waals surface area contributed by atoms with Crippen molar-refractivity contribution in [3.63, 3.8) is 0 Å². The monoisotopic (exact) mass is 283 g/mol. The number of hydrogen-bond acceptors (Lipinski definition) is 3. The van der Waals surface area contributed by atoms with Gasteiger partial charge in [-0.05, 0) is 79.2 Å². The van der Waals surface area contributed by atoms with E-state index >= 15 is 0 Å². The second-order valence-corrected chi connectivity index (χ2v) is 6.64. The molecule has 0 saturated carbocycles. The molecule has 1 unspecified atom stereocenters. The molecule has 0 bridgehead atoms. The fourth-order valence-electron chi connectivity index (χ4n) is 3.23. The summed E-state index contributed by atoms with van der Waals surface area (Å²) in [6.45, 7) is 17.7. The molecule has 3 nitrogen and oxygen atoms in total. The minimum absolute atomic E-state index is 0.668. The van der Waals surface area contributed by atoms with Gasteiger partial charge in [-0.2, -0.15) is 0 Å². The summed E-state index contributed by atoms with van der Waals surface area (Å²) in [6, 6.07) is 2.12. The summed E-state index contributed by atoms with van der Waals surface area (Å²) in [5.74, 6) is 0. The van der Waals surface area contributed by atoms with E-state index in [9.17, 15) is 0 Å². The Bertz CT molecular complexity index is 230. The van der Waals surface area contributed by atoms with Crippen molar-refractivity contribution in [1.29, 1.82) is 0 Å². The van der Waals surface area contributed by atoms with E-state index in [4.69, 9.17) is 0 Å². The van der Waals surface area contributed by atoms with Crippen LogP contribution in [0.5, 0.6) is 0 Å². The Kier molecular flexibility index (Phi) is 8.74. The molecular weight excluding hydrogens is 246 g/mol. The van der Waals surface area contributed by atoms with Crippen molar-refractivity contribution < 1.29 is 0 Å². The standard InChI is InChI=1S/C17H37N3/c1-6-19(7-2)12-8-9-16(5)18-17-10-13-20(14-11-17)15(3)4/h15-18H,6-14H2,1-5H3. The highest BCUT2D eigenvalue weighted by atomic mass is 15.2. The van der Waals surface area contributed by atoms with Crippen LogP contribution in [0.4, 0.5) is 0 Å². The highest BCUT2D eigenvalue weighted by Gasteiger charge is 2.21. The number of rotatable bonds is 9. The molecule has 120 valence electrons. The first kappa shape index (κ1) is 17.9. The van der Waals surface area contributed by atoms with Gasteiger partial charge in [-0.3, -0.25) is 0 Å². The van der Waals surface area contributed by atoms with Crippen molar-refractivity contribution in [2.24, 2.45) is 0 Å². The number of piperidine rings is 1. The van der Waals surface area contributed by atoms with E-state index in [2.05, 4.69) is 49.7 Å². The first-order valence-electron chi connectivity index (χ1n) is 8.79. The molecule has 1 rings (SSSR count). The molecule has 0 aromatic carbocycles. The lowest BCUT2D eigenvalue weighted by Gasteiger charge is -2.36. The van der Waals surface area contributed by atoms with E-state index < -0.39 is 0 Å². The smallest absolute Gasteiger partial charge is 0.00938 e. The molecule has 0 spiro atoms. The third kappa shape index (κ3) is 6.55. The molecule has 0 aromatic heterocycles. The van der Waals surface area contributed by atoms with Gasteiger partial charge in [0.05, 0.1) is 0 Å². The molecule has 1 atom stereocenters. The molecule has 1 aliphatic heterocycles. The van der Waals surface area contributed by atoms with Gasteiger partial charge < -0.3 is 15.1 Å². The lowest BCUT2D eigenvalue weighted by molar-refractivity contribution is 0.156. The molecule has 1 heterocycles. The fraction of sp³-hybridized carbons (Fsp3) is 1.00. The summed E-state index contributed by atoms with van der Waals surface area (Å²) in [5.41, 5.74) is 0. The largest absolute Gasteiger partial charge is 0.311 e. The number of nitrogens with zero attached hydrogens (tertiary/aromatic N) is 2.